The summed E-state index contributed by atoms with van der Waals surface area (Å²) in [6.07, 6.45) is -0.422. The molecule has 0 aliphatic heterocycles. The fourth-order valence-corrected chi connectivity index (χ4v) is 6.88. The van der Waals surface area contributed by atoms with Crippen molar-refractivity contribution in [2.75, 3.05) is 53.7 Å². The normalized spacial score (nSPS) is 12.4. The Morgan fingerprint density at radius 3 is 2.10 bits per heavy atom. The minimum atomic E-state index is -0.827. The summed E-state index contributed by atoms with van der Waals surface area (Å²) in [5, 5.41) is 6.91. The van der Waals surface area contributed by atoms with Crippen LogP contribution in [0.3, 0.4) is 0 Å². The van der Waals surface area contributed by atoms with E-state index >= 15 is 0 Å². The van der Waals surface area contributed by atoms with Crippen LogP contribution in [0.1, 0.15) is 69.7 Å². The molecular weight excluding hydrogens is 773 g/mol. The highest BCUT2D eigenvalue weighted by atomic mass is 16.6. The summed E-state index contributed by atoms with van der Waals surface area (Å²) in [7, 11) is 3.44. The molecule has 1 aromatic heterocycles. The van der Waals surface area contributed by atoms with Gasteiger partial charge in [0.25, 0.3) is 0 Å². The largest absolute Gasteiger partial charge is 0.460 e. The first-order chi connectivity index (χ1) is 28.8. The minimum absolute atomic E-state index is 0.0383. The molecule has 60 heavy (non-hydrogen) atoms. The van der Waals surface area contributed by atoms with Gasteiger partial charge in [-0.3, -0.25) is 14.4 Å². The summed E-state index contributed by atoms with van der Waals surface area (Å²) >= 11 is 0. The van der Waals surface area contributed by atoms with Gasteiger partial charge in [0.2, 0.25) is 5.91 Å². The molecule has 15 nitrogen and oxygen atoms in total. The van der Waals surface area contributed by atoms with Crippen LogP contribution in [-0.4, -0.2) is 104 Å². The maximum Gasteiger partial charge on any atom is 0.424 e. The fraction of sp³-hybridized carbons (Fsp3) is 0.444. The Labute approximate surface area is 350 Å². The molecule has 0 bridgehead atoms. The van der Waals surface area contributed by atoms with Crippen molar-refractivity contribution in [2.24, 2.45) is 5.92 Å². The highest BCUT2D eigenvalue weighted by Crippen LogP contribution is 2.44. The summed E-state index contributed by atoms with van der Waals surface area (Å²) in [6.45, 7) is 9.54. The van der Waals surface area contributed by atoms with Gasteiger partial charge in [-0.05, 0) is 68.5 Å². The average molecular weight is 829 g/mol. The first-order valence-electron chi connectivity index (χ1n) is 19.9. The van der Waals surface area contributed by atoms with Gasteiger partial charge < -0.3 is 33.6 Å². The summed E-state index contributed by atoms with van der Waals surface area (Å²) in [4.78, 5) is 68.8. The number of para-hydroxylation sites is 1. The van der Waals surface area contributed by atoms with Crippen LogP contribution in [-0.2, 0) is 60.9 Å². The van der Waals surface area contributed by atoms with Crippen LogP contribution < -0.4 is 5.32 Å². The predicted octanol–water partition coefficient (Wildman–Crippen LogP) is 6.08. The topological polar surface area (TPSA) is 172 Å². The van der Waals surface area contributed by atoms with Crippen LogP contribution in [0.5, 0.6) is 0 Å². The van der Waals surface area contributed by atoms with Crippen LogP contribution in [0.4, 0.5) is 4.79 Å². The third kappa shape index (κ3) is 13.6. The van der Waals surface area contributed by atoms with Gasteiger partial charge in [-0.2, -0.15) is 9.59 Å². The van der Waals surface area contributed by atoms with Gasteiger partial charge in [0, 0.05) is 56.6 Å². The van der Waals surface area contributed by atoms with Gasteiger partial charge in [-0.15, -0.1) is 0 Å². The number of nitrogens with zero attached hydrogens (tertiary/aromatic N) is 3. The Bertz CT molecular complexity index is 2040. The molecule has 1 N–H and O–H groups in total. The molecule has 1 aliphatic carbocycles. The smallest absolute Gasteiger partial charge is 0.424 e. The number of amides is 2. The number of esters is 2. The Morgan fingerprint density at radius 1 is 0.833 bits per heavy atom. The molecule has 15 heteroatoms. The summed E-state index contributed by atoms with van der Waals surface area (Å²) in [6, 6.07) is 26.1. The summed E-state index contributed by atoms with van der Waals surface area (Å²) in [5.41, 5.74) is 5.52. The molecule has 4 aromatic rings. The van der Waals surface area contributed by atoms with E-state index in [1.807, 2.05) is 66.1 Å². The number of aromatic nitrogens is 1. The number of hydrogen-bond donors (Lipinski definition) is 1. The van der Waals surface area contributed by atoms with Crippen LogP contribution in [0.25, 0.3) is 22.0 Å². The molecule has 0 fully saturated rings. The number of carbonyl (C=O) groups excluding carboxylic acids is 6. The minimum Gasteiger partial charge on any atom is -0.460 e. The molecule has 1 atom stereocenters. The number of benzene rings is 3. The van der Waals surface area contributed by atoms with E-state index in [1.165, 1.54) is 5.01 Å². The van der Waals surface area contributed by atoms with Gasteiger partial charge in [-0.1, -0.05) is 66.7 Å². The second-order valence-electron chi connectivity index (χ2n) is 15.1. The lowest BCUT2D eigenvalue weighted by Crippen LogP contribution is -2.41. The molecule has 1 heterocycles. The number of hydrazine groups is 1. The lowest BCUT2D eigenvalue weighted by atomic mass is 9.98. The molecule has 0 radical (unpaired) electrons. The van der Waals surface area contributed by atoms with Gasteiger partial charge >= 0.3 is 24.2 Å². The first-order valence-corrected chi connectivity index (χ1v) is 19.9. The number of carbonyl (C=O) groups is 4. The van der Waals surface area contributed by atoms with Crippen molar-refractivity contribution in [3.63, 3.8) is 0 Å². The molecule has 322 valence electrons. The second kappa shape index (κ2) is 23.1. The van der Waals surface area contributed by atoms with Crippen LogP contribution in [0, 0.1) is 5.92 Å². The van der Waals surface area contributed by atoms with Crippen LogP contribution in [0.15, 0.2) is 78.9 Å². The van der Waals surface area contributed by atoms with Crippen molar-refractivity contribution in [3.05, 3.63) is 95.7 Å². The zero-order chi connectivity index (χ0) is 43.7. The summed E-state index contributed by atoms with van der Waals surface area (Å²) in [5.74, 6) is -2.32. The van der Waals surface area contributed by atoms with E-state index in [4.69, 9.17) is 33.3 Å². The van der Waals surface area contributed by atoms with Gasteiger partial charge in [-0.25, -0.2) is 14.8 Å². The zero-order valence-electron chi connectivity index (χ0n) is 35.3. The van der Waals surface area contributed by atoms with Gasteiger partial charge in [0.1, 0.15) is 12.2 Å². The third-order valence-electron chi connectivity index (χ3n) is 9.78. The quantitative estimate of drug-likeness (QED) is 0.0472. The number of hydrogen-bond acceptors (Lipinski definition) is 12. The maximum atomic E-state index is 13.4. The Morgan fingerprint density at radius 2 is 1.45 bits per heavy atom. The fourth-order valence-electron chi connectivity index (χ4n) is 6.88. The number of rotatable bonds is 20. The SMILES string of the molecule is CCOCCOCCNC(=O)[C@H](CCC(=O)OC(C)(C)C)CC(=O)OCn1c(CN(C)N(C)C(=O)OCC2c3ccccc3-c3ccccc32)cc2ccccc21.O=C=O. The molecule has 0 saturated carbocycles. The lowest BCUT2D eigenvalue weighted by molar-refractivity contribution is -0.191. The van der Waals surface area contributed by atoms with Crippen LogP contribution >= 0.6 is 0 Å². The van der Waals surface area contributed by atoms with Gasteiger partial charge in [0.05, 0.1) is 38.3 Å². The molecule has 3 aromatic carbocycles. The van der Waals surface area contributed by atoms with Crippen molar-refractivity contribution in [2.45, 2.75) is 71.8 Å². The zero-order valence-corrected chi connectivity index (χ0v) is 35.3. The van der Waals surface area contributed by atoms with Crippen molar-refractivity contribution in [1.82, 2.24) is 19.9 Å². The number of fused-ring (bicyclic) bond motifs is 4. The highest BCUT2D eigenvalue weighted by molar-refractivity contribution is 5.85. The van der Waals surface area contributed by atoms with E-state index in [1.54, 1.807) is 39.9 Å². The van der Waals surface area contributed by atoms with E-state index < -0.39 is 29.6 Å². The Kier molecular flexibility index (Phi) is 18.0. The molecule has 1 aliphatic rings. The molecular formula is C45H56N4O11. The van der Waals surface area contributed by atoms with E-state index in [9.17, 15) is 19.2 Å². The molecule has 0 saturated heterocycles. The van der Waals surface area contributed by atoms with E-state index in [-0.39, 0.29) is 63.7 Å². The van der Waals surface area contributed by atoms with E-state index in [0.717, 1.165) is 38.9 Å². The Hall–Kier alpha value is -5.86. The Balaban J connectivity index is 0.00000257. The number of nitrogens with one attached hydrogen (secondary N) is 1. The molecule has 0 spiro atoms. The van der Waals surface area contributed by atoms with E-state index in [2.05, 4.69) is 29.6 Å². The summed E-state index contributed by atoms with van der Waals surface area (Å²) < 4.78 is 29.7. The molecule has 2 amide bonds. The number of ether oxygens (including phenoxy) is 5. The van der Waals surface area contributed by atoms with Crippen molar-refractivity contribution < 1.29 is 52.5 Å². The standard InChI is InChI=1S/C44H56N4O9.CO2/c1-7-53-24-25-54-23-22-45-42(51)32(20-21-40(49)57-44(2,3)4)27-41(50)56-30-48-33(26-31-14-8-13-19-39(31)48)28-46(5)47(6)43(52)55-29-38-36-17-11-9-15-34(36)35-16-10-12-18-37(35)38;2-1-3/h8-19,26,32,38H,7,20-25,27-30H2,1-6H3,(H,45,51);/t32-;/m1./s1. The maximum absolute atomic E-state index is 13.4. The monoisotopic (exact) mass is 828 g/mol. The van der Waals surface area contributed by atoms with Crippen molar-refractivity contribution in [1.29, 1.82) is 0 Å². The third-order valence-corrected chi connectivity index (χ3v) is 9.78. The van der Waals surface area contributed by atoms with E-state index in [0.29, 0.717) is 26.4 Å². The second-order valence-corrected chi connectivity index (χ2v) is 15.1. The molecule has 0 unspecified atom stereocenters. The lowest BCUT2D eigenvalue weighted by Gasteiger charge is -2.28. The van der Waals surface area contributed by atoms with Crippen LogP contribution in [0.2, 0.25) is 0 Å². The highest BCUT2D eigenvalue weighted by Gasteiger charge is 2.30. The predicted molar refractivity (Wildman–Crippen MR) is 221 cm³/mol. The average Bonchev–Trinajstić information content (AvgIpc) is 3.73. The first kappa shape index (κ1) is 46.8. The van der Waals surface area contributed by atoms with Crippen molar-refractivity contribution >= 4 is 41.0 Å². The van der Waals surface area contributed by atoms with Gasteiger partial charge in [0.15, 0.2) is 6.73 Å². The van der Waals surface area contributed by atoms with Crippen molar-refractivity contribution in [3.8, 4) is 11.1 Å². The molecule has 5 rings (SSSR count).